The van der Waals surface area contributed by atoms with Gasteiger partial charge in [-0.25, -0.2) is 5.10 Å². The smallest absolute Gasteiger partial charge is 0.227 e. The van der Waals surface area contributed by atoms with E-state index in [1.54, 1.807) is 0 Å². The molecule has 6 heteroatoms. The number of amides is 1. The van der Waals surface area contributed by atoms with Gasteiger partial charge in [0.15, 0.2) is 5.82 Å². The highest BCUT2D eigenvalue weighted by molar-refractivity contribution is 5.95. The van der Waals surface area contributed by atoms with Gasteiger partial charge in [0, 0.05) is 12.1 Å². The van der Waals surface area contributed by atoms with E-state index in [1.807, 2.05) is 41.3 Å². The van der Waals surface area contributed by atoms with Gasteiger partial charge in [-0.05, 0) is 92.4 Å². The number of H-pyrrole nitrogens is 1. The SMILES string of the molecule is CCCC(=O)N(Cc1ccc2c(c1)CCc1ccccc1/C2=C\c1nnn[nH]1)c1cccc(-c2ccccc2)c1. The van der Waals surface area contributed by atoms with Crippen LogP contribution in [0.1, 0.15) is 53.4 Å². The van der Waals surface area contributed by atoms with Crippen LogP contribution in [0.5, 0.6) is 0 Å². The Balaban J connectivity index is 1.37. The summed E-state index contributed by atoms with van der Waals surface area (Å²) in [6, 6.07) is 33.7. The van der Waals surface area contributed by atoms with E-state index in [9.17, 15) is 4.79 Å². The zero-order chi connectivity index (χ0) is 27.3. The maximum Gasteiger partial charge on any atom is 0.227 e. The van der Waals surface area contributed by atoms with Crippen molar-refractivity contribution in [2.24, 2.45) is 0 Å². The van der Waals surface area contributed by atoms with Crippen LogP contribution in [0.25, 0.3) is 22.8 Å². The van der Waals surface area contributed by atoms with Crippen LogP contribution >= 0.6 is 0 Å². The lowest BCUT2D eigenvalue weighted by atomic mass is 9.92. The molecule has 0 fully saturated rings. The number of hydrogen-bond donors (Lipinski definition) is 1. The average Bonchev–Trinajstić information content (AvgIpc) is 3.47. The monoisotopic (exact) mass is 525 g/mol. The first-order chi connectivity index (χ1) is 19.7. The van der Waals surface area contributed by atoms with Crippen molar-refractivity contribution in [3.63, 3.8) is 0 Å². The molecule has 1 amide bonds. The molecule has 0 aliphatic heterocycles. The number of tetrazole rings is 1. The van der Waals surface area contributed by atoms with Crippen LogP contribution in [0.4, 0.5) is 5.69 Å². The Hall–Kier alpha value is -4.84. The number of carbonyl (C=O) groups excluding carboxylic acids is 1. The minimum absolute atomic E-state index is 0.133. The molecule has 0 spiro atoms. The molecular formula is C34H31N5O. The zero-order valence-corrected chi connectivity index (χ0v) is 22.5. The molecule has 0 radical (unpaired) electrons. The van der Waals surface area contributed by atoms with E-state index in [0.717, 1.165) is 47.2 Å². The van der Waals surface area contributed by atoms with Crippen LogP contribution in [-0.4, -0.2) is 26.5 Å². The standard InChI is InChI=1S/C34H31N5O/c1-2-9-34(40)39(29-14-8-13-27(21-29)25-10-4-3-5-11-25)23-24-16-19-31-28(20-24)18-17-26-12-6-7-15-30(26)32(31)22-33-35-37-38-36-33/h3-8,10-16,19-22H,2,9,17-18,23H2,1H3,(H,35,36,37,38)/b32-22+. The lowest BCUT2D eigenvalue weighted by Crippen LogP contribution is -2.30. The summed E-state index contributed by atoms with van der Waals surface area (Å²) in [7, 11) is 0. The van der Waals surface area contributed by atoms with E-state index in [0.29, 0.717) is 18.8 Å². The highest BCUT2D eigenvalue weighted by atomic mass is 16.2. The van der Waals surface area contributed by atoms with Crippen molar-refractivity contribution in [2.75, 3.05) is 4.90 Å². The number of anilines is 1. The molecule has 0 bridgehead atoms. The van der Waals surface area contributed by atoms with Gasteiger partial charge in [0.05, 0.1) is 6.54 Å². The third-order valence-electron chi connectivity index (χ3n) is 7.44. The Morgan fingerprint density at radius 3 is 2.45 bits per heavy atom. The topological polar surface area (TPSA) is 74.8 Å². The van der Waals surface area contributed by atoms with E-state index >= 15 is 0 Å². The summed E-state index contributed by atoms with van der Waals surface area (Å²) >= 11 is 0. The number of aryl methyl sites for hydroxylation is 2. The lowest BCUT2D eigenvalue weighted by molar-refractivity contribution is -0.118. The second-order valence-electron chi connectivity index (χ2n) is 10.1. The van der Waals surface area contributed by atoms with Crippen molar-refractivity contribution < 1.29 is 4.79 Å². The van der Waals surface area contributed by atoms with Gasteiger partial charge in [-0.1, -0.05) is 91.9 Å². The molecular weight excluding hydrogens is 494 g/mol. The number of aromatic amines is 1. The molecule has 6 nitrogen and oxygen atoms in total. The highest BCUT2D eigenvalue weighted by Gasteiger charge is 2.21. The van der Waals surface area contributed by atoms with Crippen LogP contribution in [0, 0.1) is 0 Å². The minimum atomic E-state index is 0.133. The Morgan fingerprint density at radius 1 is 0.850 bits per heavy atom. The second kappa shape index (κ2) is 11.5. The molecule has 4 aromatic carbocycles. The van der Waals surface area contributed by atoms with Crippen LogP contribution in [-0.2, 0) is 24.2 Å². The van der Waals surface area contributed by atoms with Crippen LogP contribution < -0.4 is 4.90 Å². The van der Waals surface area contributed by atoms with Crippen LogP contribution in [0.15, 0.2) is 97.1 Å². The number of fused-ring (bicyclic) bond motifs is 2. The number of nitrogens with one attached hydrogen (secondary N) is 1. The normalized spacial score (nSPS) is 13.4. The predicted octanol–water partition coefficient (Wildman–Crippen LogP) is 6.89. The van der Waals surface area contributed by atoms with Crippen molar-refractivity contribution >= 4 is 23.2 Å². The van der Waals surface area contributed by atoms with E-state index < -0.39 is 0 Å². The fourth-order valence-corrected chi connectivity index (χ4v) is 5.49. The lowest BCUT2D eigenvalue weighted by Gasteiger charge is -2.24. The van der Waals surface area contributed by atoms with Gasteiger partial charge in [-0.3, -0.25) is 4.79 Å². The molecule has 0 unspecified atom stereocenters. The molecule has 1 N–H and O–H groups in total. The molecule has 0 saturated heterocycles. The predicted molar refractivity (Wildman–Crippen MR) is 159 cm³/mol. The molecule has 1 heterocycles. The molecule has 1 aromatic heterocycles. The van der Waals surface area contributed by atoms with Crippen molar-refractivity contribution in [1.29, 1.82) is 0 Å². The summed E-state index contributed by atoms with van der Waals surface area (Å²) < 4.78 is 0. The Morgan fingerprint density at radius 2 is 1.62 bits per heavy atom. The van der Waals surface area contributed by atoms with Gasteiger partial charge in [0.2, 0.25) is 5.91 Å². The third-order valence-corrected chi connectivity index (χ3v) is 7.44. The van der Waals surface area contributed by atoms with Gasteiger partial charge in [0.25, 0.3) is 0 Å². The number of hydrogen-bond acceptors (Lipinski definition) is 4. The maximum atomic E-state index is 13.4. The van der Waals surface area contributed by atoms with Crippen LogP contribution in [0.3, 0.4) is 0 Å². The fraction of sp³-hybridized carbons (Fsp3) is 0.176. The first kappa shape index (κ1) is 25.4. The number of carbonyl (C=O) groups is 1. The zero-order valence-electron chi connectivity index (χ0n) is 22.5. The Bertz CT molecular complexity index is 1660. The van der Waals surface area contributed by atoms with Gasteiger partial charge in [0.1, 0.15) is 0 Å². The summed E-state index contributed by atoms with van der Waals surface area (Å²) in [5.41, 5.74) is 10.3. The quantitative estimate of drug-likeness (QED) is 0.251. The number of rotatable bonds is 7. The van der Waals surface area contributed by atoms with Crippen LogP contribution in [0.2, 0.25) is 0 Å². The molecule has 198 valence electrons. The molecule has 1 aliphatic rings. The summed E-state index contributed by atoms with van der Waals surface area (Å²) in [5.74, 6) is 0.754. The maximum absolute atomic E-state index is 13.4. The Kier molecular flexibility index (Phi) is 7.31. The molecule has 6 rings (SSSR count). The van der Waals surface area contributed by atoms with E-state index in [-0.39, 0.29) is 5.91 Å². The fourth-order valence-electron chi connectivity index (χ4n) is 5.49. The number of aromatic nitrogens is 4. The minimum Gasteiger partial charge on any atom is -0.308 e. The second-order valence-corrected chi connectivity index (χ2v) is 10.1. The summed E-state index contributed by atoms with van der Waals surface area (Å²) in [6.07, 6.45) is 5.19. The Labute approximate surface area is 234 Å². The van der Waals surface area contributed by atoms with Gasteiger partial charge < -0.3 is 4.90 Å². The van der Waals surface area contributed by atoms with Gasteiger partial charge >= 0.3 is 0 Å². The van der Waals surface area contributed by atoms with E-state index in [2.05, 4.69) is 94.3 Å². The van der Waals surface area contributed by atoms with Crippen molar-refractivity contribution in [3.8, 4) is 11.1 Å². The first-order valence-electron chi connectivity index (χ1n) is 13.8. The summed E-state index contributed by atoms with van der Waals surface area (Å²) in [5, 5.41) is 14.5. The van der Waals surface area contributed by atoms with Crippen molar-refractivity contribution in [2.45, 2.75) is 39.2 Å². The molecule has 40 heavy (non-hydrogen) atoms. The number of nitrogens with zero attached hydrogens (tertiary/aromatic N) is 4. The van der Waals surface area contributed by atoms with E-state index in [1.165, 1.54) is 22.3 Å². The van der Waals surface area contributed by atoms with Gasteiger partial charge in [-0.2, -0.15) is 0 Å². The van der Waals surface area contributed by atoms with Gasteiger partial charge in [-0.15, -0.1) is 5.10 Å². The highest BCUT2D eigenvalue weighted by Crippen LogP contribution is 2.35. The summed E-state index contributed by atoms with van der Waals surface area (Å²) in [6.45, 7) is 2.57. The van der Waals surface area contributed by atoms with Crippen molar-refractivity contribution in [3.05, 3.63) is 131 Å². The molecule has 0 saturated carbocycles. The number of benzene rings is 4. The van der Waals surface area contributed by atoms with E-state index in [4.69, 9.17) is 0 Å². The third kappa shape index (κ3) is 5.34. The largest absolute Gasteiger partial charge is 0.308 e. The first-order valence-corrected chi connectivity index (χ1v) is 13.8. The molecule has 5 aromatic rings. The summed E-state index contributed by atoms with van der Waals surface area (Å²) in [4.78, 5) is 15.3. The molecule has 1 aliphatic carbocycles. The average molecular weight is 526 g/mol. The molecule has 0 atom stereocenters. The van der Waals surface area contributed by atoms with Crippen molar-refractivity contribution in [1.82, 2.24) is 20.6 Å².